The predicted octanol–water partition coefficient (Wildman–Crippen LogP) is 3.16. The Morgan fingerprint density at radius 3 is 2.94 bits per heavy atom. The first-order valence-electron chi connectivity index (χ1n) is 6.84. The molecule has 0 bridgehead atoms. The highest BCUT2D eigenvalue weighted by molar-refractivity contribution is 5.33. The fraction of sp³-hybridized carbons (Fsp3) is 0.600. The first kappa shape index (κ1) is 12.4. The molecule has 0 saturated carbocycles. The molecule has 1 aromatic rings. The summed E-state index contributed by atoms with van der Waals surface area (Å²) in [6.07, 6.45) is 6.16. The van der Waals surface area contributed by atoms with Crippen molar-refractivity contribution in [3.8, 4) is 5.75 Å². The Labute approximate surface area is 104 Å². The van der Waals surface area contributed by atoms with E-state index in [1.54, 1.807) is 0 Å². The van der Waals surface area contributed by atoms with Gasteiger partial charge in [-0.1, -0.05) is 31.5 Å². The van der Waals surface area contributed by atoms with Crippen molar-refractivity contribution in [3.05, 3.63) is 29.8 Å². The normalized spacial score (nSPS) is 20.2. The van der Waals surface area contributed by atoms with E-state index >= 15 is 0 Å². The van der Waals surface area contributed by atoms with E-state index in [9.17, 15) is 0 Å². The molecule has 0 spiro atoms. The van der Waals surface area contributed by atoms with E-state index in [0.717, 1.165) is 25.2 Å². The molecule has 0 aliphatic carbocycles. The number of rotatable bonds is 5. The van der Waals surface area contributed by atoms with E-state index < -0.39 is 0 Å². The second kappa shape index (κ2) is 6.65. The van der Waals surface area contributed by atoms with Crippen LogP contribution in [0.1, 0.15) is 38.2 Å². The summed E-state index contributed by atoms with van der Waals surface area (Å²) in [6, 6.07) is 9.01. The van der Waals surface area contributed by atoms with E-state index in [0.29, 0.717) is 6.04 Å². The third kappa shape index (κ3) is 3.74. The van der Waals surface area contributed by atoms with Gasteiger partial charge < -0.3 is 10.1 Å². The average molecular weight is 233 g/mol. The lowest BCUT2D eigenvalue weighted by molar-refractivity contribution is 0.266. The van der Waals surface area contributed by atoms with Gasteiger partial charge >= 0.3 is 0 Å². The average Bonchev–Trinajstić information content (AvgIpc) is 2.40. The van der Waals surface area contributed by atoms with Gasteiger partial charge in [-0.3, -0.25) is 0 Å². The number of para-hydroxylation sites is 1. The number of ether oxygens (including phenoxy) is 1. The van der Waals surface area contributed by atoms with Crippen molar-refractivity contribution in [1.29, 1.82) is 0 Å². The number of piperidine rings is 1. The van der Waals surface area contributed by atoms with Gasteiger partial charge in [-0.05, 0) is 43.9 Å². The fourth-order valence-corrected chi connectivity index (χ4v) is 2.42. The zero-order chi connectivity index (χ0) is 11.9. The quantitative estimate of drug-likeness (QED) is 0.843. The van der Waals surface area contributed by atoms with Crippen LogP contribution in [0.5, 0.6) is 5.75 Å². The highest BCUT2D eigenvalue weighted by Crippen LogP contribution is 2.19. The van der Waals surface area contributed by atoms with Gasteiger partial charge in [-0.2, -0.15) is 0 Å². The van der Waals surface area contributed by atoms with Gasteiger partial charge in [0, 0.05) is 6.04 Å². The third-order valence-corrected chi connectivity index (χ3v) is 3.49. The van der Waals surface area contributed by atoms with Crippen LogP contribution in [-0.4, -0.2) is 19.2 Å². The lowest BCUT2D eigenvalue weighted by Gasteiger charge is -2.23. The maximum absolute atomic E-state index is 5.89. The van der Waals surface area contributed by atoms with Crippen molar-refractivity contribution in [1.82, 2.24) is 5.32 Å². The minimum Gasteiger partial charge on any atom is -0.493 e. The molecule has 1 unspecified atom stereocenters. The Morgan fingerprint density at radius 2 is 2.18 bits per heavy atom. The molecule has 1 saturated heterocycles. The Bertz CT molecular complexity index is 331. The molecule has 0 aromatic heterocycles. The van der Waals surface area contributed by atoms with Gasteiger partial charge in [-0.15, -0.1) is 0 Å². The van der Waals surface area contributed by atoms with Gasteiger partial charge in [0.1, 0.15) is 5.75 Å². The molecule has 1 aromatic carbocycles. The van der Waals surface area contributed by atoms with Gasteiger partial charge in [0.15, 0.2) is 0 Å². The molecule has 17 heavy (non-hydrogen) atoms. The third-order valence-electron chi connectivity index (χ3n) is 3.49. The number of hydrogen-bond acceptors (Lipinski definition) is 2. The number of nitrogens with one attached hydrogen (secondary N) is 1. The van der Waals surface area contributed by atoms with E-state index in [2.05, 4.69) is 30.4 Å². The Balaban J connectivity index is 1.77. The summed E-state index contributed by atoms with van der Waals surface area (Å²) in [4.78, 5) is 0. The lowest BCUT2D eigenvalue weighted by Crippen LogP contribution is -2.35. The number of aryl methyl sites for hydroxylation is 1. The zero-order valence-corrected chi connectivity index (χ0v) is 10.7. The second-order valence-electron chi connectivity index (χ2n) is 4.75. The van der Waals surface area contributed by atoms with Gasteiger partial charge in [-0.25, -0.2) is 0 Å². The molecule has 0 amide bonds. The van der Waals surface area contributed by atoms with Crippen LogP contribution in [0.2, 0.25) is 0 Å². The monoisotopic (exact) mass is 233 g/mol. The predicted molar refractivity (Wildman–Crippen MR) is 71.6 cm³/mol. The van der Waals surface area contributed by atoms with Crippen molar-refractivity contribution >= 4 is 0 Å². The lowest BCUT2D eigenvalue weighted by atomic mass is 10.0. The summed E-state index contributed by atoms with van der Waals surface area (Å²) in [7, 11) is 0. The number of hydrogen-bond donors (Lipinski definition) is 1. The van der Waals surface area contributed by atoms with Crippen LogP contribution in [0.15, 0.2) is 24.3 Å². The van der Waals surface area contributed by atoms with Crippen molar-refractivity contribution in [2.24, 2.45) is 0 Å². The summed E-state index contributed by atoms with van der Waals surface area (Å²) >= 11 is 0. The maximum atomic E-state index is 5.89. The Morgan fingerprint density at radius 1 is 1.29 bits per heavy atom. The highest BCUT2D eigenvalue weighted by Gasteiger charge is 2.12. The number of benzene rings is 1. The van der Waals surface area contributed by atoms with Crippen molar-refractivity contribution in [2.45, 2.75) is 45.1 Å². The molecule has 1 N–H and O–H groups in total. The van der Waals surface area contributed by atoms with E-state index in [1.165, 1.54) is 31.4 Å². The van der Waals surface area contributed by atoms with E-state index in [-0.39, 0.29) is 0 Å². The largest absolute Gasteiger partial charge is 0.493 e. The van der Waals surface area contributed by atoms with Crippen LogP contribution in [0, 0.1) is 0 Å². The maximum Gasteiger partial charge on any atom is 0.122 e. The molecule has 1 aliphatic rings. The van der Waals surface area contributed by atoms with Crippen molar-refractivity contribution in [2.75, 3.05) is 13.2 Å². The summed E-state index contributed by atoms with van der Waals surface area (Å²) in [5.74, 6) is 1.06. The molecule has 0 radical (unpaired) electrons. The molecule has 2 nitrogen and oxygen atoms in total. The Kier molecular flexibility index (Phi) is 4.87. The van der Waals surface area contributed by atoms with Gasteiger partial charge in [0.2, 0.25) is 0 Å². The Hall–Kier alpha value is -1.02. The smallest absolute Gasteiger partial charge is 0.122 e. The highest BCUT2D eigenvalue weighted by atomic mass is 16.5. The molecule has 1 aliphatic heterocycles. The van der Waals surface area contributed by atoms with E-state index in [1.807, 2.05) is 6.07 Å². The van der Waals surface area contributed by atoms with Crippen LogP contribution >= 0.6 is 0 Å². The standard InChI is InChI=1S/C15H23NO/c1-2-13-7-3-4-9-15(13)17-12-10-14-8-5-6-11-16-14/h3-4,7,9,14,16H,2,5-6,8,10-12H2,1H3. The van der Waals surface area contributed by atoms with Crippen LogP contribution in [0.3, 0.4) is 0 Å². The van der Waals surface area contributed by atoms with Crippen molar-refractivity contribution < 1.29 is 4.74 Å². The second-order valence-corrected chi connectivity index (χ2v) is 4.75. The van der Waals surface area contributed by atoms with Crippen LogP contribution in [0.25, 0.3) is 0 Å². The molecule has 1 fully saturated rings. The first-order chi connectivity index (χ1) is 8.40. The molecular weight excluding hydrogens is 210 g/mol. The van der Waals surface area contributed by atoms with Crippen LogP contribution in [-0.2, 0) is 6.42 Å². The van der Waals surface area contributed by atoms with Crippen LogP contribution in [0.4, 0.5) is 0 Å². The fourth-order valence-electron chi connectivity index (χ4n) is 2.42. The summed E-state index contributed by atoms with van der Waals surface area (Å²) in [5.41, 5.74) is 1.31. The molecular formula is C15H23NO. The minimum absolute atomic E-state index is 0.664. The van der Waals surface area contributed by atoms with Gasteiger partial charge in [0.25, 0.3) is 0 Å². The van der Waals surface area contributed by atoms with E-state index in [4.69, 9.17) is 4.74 Å². The molecule has 94 valence electrons. The minimum atomic E-state index is 0.664. The first-order valence-corrected chi connectivity index (χ1v) is 6.84. The topological polar surface area (TPSA) is 21.3 Å². The summed E-state index contributed by atoms with van der Waals surface area (Å²) in [6.45, 7) is 4.18. The van der Waals surface area contributed by atoms with Crippen LogP contribution < -0.4 is 10.1 Å². The molecule has 1 atom stereocenters. The molecule has 1 heterocycles. The summed E-state index contributed by atoms with van der Waals surface area (Å²) < 4.78 is 5.89. The zero-order valence-electron chi connectivity index (χ0n) is 10.7. The van der Waals surface area contributed by atoms with Gasteiger partial charge in [0.05, 0.1) is 6.61 Å². The molecule has 2 heteroatoms. The SMILES string of the molecule is CCc1ccccc1OCCC1CCCCN1. The molecule has 2 rings (SSSR count). The summed E-state index contributed by atoms with van der Waals surface area (Å²) in [5, 5.41) is 3.55. The van der Waals surface area contributed by atoms with Crippen molar-refractivity contribution in [3.63, 3.8) is 0 Å².